The van der Waals surface area contributed by atoms with E-state index in [0.29, 0.717) is 24.2 Å². The van der Waals surface area contributed by atoms with Gasteiger partial charge in [-0.3, -0.25) is 19.4 Å². The summed E-state index contributed by atoms with van der Waals surface area (Å²) in [5.74, 6) is -0.951. The summed E-state index contributed by atoms with van der Waals surface area (Å²) in [7, 11) is 0. The van der Waals surface area contributed by atoms with Crippen LogP contribution in [0.2, 0.25) is 0 Å². The standard InChI is InChI=1S/C21H17N5O3S/c27-19(16-11-22-6-7-23-16)25-15-5-8-26-18(15)20(28)24-14-4-3-12(10-13(14)21(26)29)17-2-1-9-30-17/h1-4,6-7,9-11,15,18H,5,8H2,(H,24,28)(H,25,27). The Morgan fingerprint density at radius 3 is 2.90 bits per heavy atom. The van der Waals surface area contributed by atoms with Crippen LogP contribution in [0.1, 0.15) is 27.3 Å². The summed E-state index contributed by atoms with van der Waals surface area (Å²) in [5, 5.41) is 7.68. The van der Waals surface area contributed by atoms with Crippen LogP contribution in [0.3, 0.4) is 0 Å². The highest BCUT2D eigenvalue weighted by atomic mass is 32.1. The number of hydrogen-bond acceptors (Lipinski definition) is 6. The van der Waals surface area contributed by atoms with Crippen molar-refractivity contribution in [1.82, 2.24) is 20.2 Å². The second-order valence-electron chi connectivity index (χ2n) is 7.13. The molecular formula is C21H17N5O3S. The maximum Gasteiger partial charge on any atom is 0.271 e. The van der Waals surface area contributed by atoms with Crippen molar-refractivity contribution in [3.8, 4) is 10.4 Å². The molecule has 1 aromatic carbocycles. The number of aromatic nitrogens is 2. The molecule has 3 aromatic rings. The first-order valence-electron chi connectivity index (χ1n) is 9.48. The molecule has 2 aliphatic rings. The Bertz CT molecular complexity index is 1130. The normalized spacial score (nSPS) is 20.2. The van der Waals surface area contributed by atoms with Crippen LogP contribution in [0.5, 0.6) is 0 Å². The van der Waals surface area contributed by atoms with Crippen molar-refractivity contribution in [2.45, 2.75) is 18.5 Å². The number of rotatable bonds is 3. The first kappa shape index (κ1) is 18.4. The van der Waals surface area contributed by atoms with Gasteiger partial charge in [0.05, 0.1) is 23.5 Å². The smallest absolute Gasteiger partial charge is 0.271 e. The summed E-state index contributed by atoms with van der Waals surface area (Å²) in [6, 6.07) is 8.12. The van der Waals surface area contributed by atoms with Gasteiger partial charge in [0.2, 0.25) is 5.91 Å². The van der Waals surface area contributed by atoms with Crippen molar-refractivity contribution in [2.75, 3.05) is 11.9 Å². The van der Waals surface area contributed by atoms with Gasteiger partial charge in [-0.15, -0.1) is 11.3 Å². The molecule has 0 radical (unpaired) electrons. The van der Waals surface area contributed by atoms with Crippen LogP contribution in [0, 0.1) is 0 Å². The molecule has 3 amide bonds. The summed E-state index contributed by atoms with van der Waals surface area (Å²) < 4.78 is 0. The molecule has 30 heavy (non-hydrogen) atoms. The van der Waals surface area contributed by atoms with E-state index in [0.717, 1.165) is 10.4 Å². The number of amides is 3. The minimum Gasteiger partial charge on any atom is -0.345 e. The molecular weight excluding hydrogens is 402 g/mol. The number of carbonyl (C=O) groups is 3. The van der Waals surface area contributed by atoms with Crippen LogP contribution >= 0.6 is 11.3 Å². The number of anilines is 1. The Labute approximate surface area is 176 Å². The molecule has 2 atom stereocenters. The Hall–Kier alpha value is -3.59. The van der Waals surface area contributed by atoms with Crippen molar-refractivity contribution in [3.05, 3.63) is 65.6 Å². The van der Waals surface area contributed by atoms with Gasteiger partial charge < -0.3 is 15.5 Å². The Morgan fingerprint density at radius 1 is 1.23 bits per heavy atom. The zero-order valence-electron chi connectivity index (χ0n) is 15.7. The highest BCUT2D eigenvalue weighted by Crippen LogP contribution is 2.33. The van der Waals surface area contributed by atoms with Gasteiger partial charge in [-0.1, -0.05) is 12.1 Å². The Balaban J connectivity index is 1.43. The van der Waals surface area contributed by atoms with E-state index in [9.17, 15) is 14.4 Å². The quantitative estimate of drug-likeness (QED) is 0.677. The van der Waals surface area contributed by atoms with E-state index in [1.54, 1.807) is 22.3 Å². The molecule has 2 N–H and O–H groups in total. The molecule has 150 valence electrons. The monoisotopic (exact) mass is 419 g/mol. The van der Waals surface area contributed by atoms with Crippen LogP contribution in [0.15, 0.2) is 54.3 Å². The molecule has 0 aliphatic carbocycles. The molecule has 4 heterocycles. The molecule has 0 bridgehead atoms. The maximum absolute atomic E-state index is 13.3. The lowest BCUT2D eigenvalue weighted by molar-refractivity contribution is -0.120. The molecule has 5 rings (SSSR count). The van der Waals surface area contributed by atoms with Gasteiger partial charge in [-0.2, -0.15) is 0 Å². The van der Waals surface area contributed by atoms with E-state index in [1.165, 1.54) is 18.6 Å². The molecule has 1 fully saturated rings. The number of nitrogens with zero attached hydrogens (tertiary/aromatic N) is 3. The van der Waals surface area contributed by atoms with Crippen LogP contribution in [0.4, 0.5) is 5.69 Å². The van der Waals surface area contributed by atoms with Gasteiger partial charge in [-0.25, -0.2) is 4.98 Å². The molecule has 1 saturated heterocycles. The molecule has 0 saturated carbocycles. The van der Waals surface area contributed by atoms with E-state index in [4.69, 9.17) is 0 Å². The SMILES string of the molecule is O=C(NC1CCN2C(=O)c3cc(-c4cccs4)ccc3NC(=O)C12)c1cnccn1. The summed E-state index contributed by atoms with van der Waals surface area (Å²) in [6.07, 6.45) is 4.75. The average Bonchev–Trinajstić information content (AvgIpc) is 3.42. The van der Waals surface area contributed by atoms with Gasteiger partial charge in [0.25, 0.3) is 11.8 Å². The third-order valence-electron chi connectivity index (χ3n) is 5.35. The first-order chi connectivity index (χ1) is 14.6. The fourth-order valence-electron chi connectivity index (χ4n) is 3.94. The summed E-state index contributed by atoms with van der Waals surface area (Å²) in [5.41, 5.74) is 2.04. The van der Waals surface area contributed by atoms with Gasteiger partial charge in [-0.05, 0) is 35.6 Å². The fraction of sp³-hybridized carbons (Fsp3) is 0.190. The van der Waals surface area contributed by atoms with E-state index in [-0.39, 0.29) is 17.5 Å². The largest absolute Gasteiger partial charge is 0.345 e. The summed E-state index contributed by atoms with van der Waals surface area (Å²) >= 11 is 1.59. The number of nitrogens with one attached hydrogen (secondary N) is 2. The average molecular weight is 419 g/mol. The molecule has 2 aliphatic heterocycles. The van der Waals surface area contributed by atoms with Gasteiger partial charge in [0.15, 0.2) is 0 Å². The van der Waals surface area contributed by atoms with Crippen LogP contribution in [-0.4, -0.2) is 51.2 Å². The summed E-state index contributed by atoms with van der Waals surface area (Å²) in [4.78, 5) is 49.2. The number of benzene rings is 1. The maximum atomic E-state index is 13.3. The highest BCUT2D eigenvalue weighted by molar-refractivity contribution is 7.13. The lowest BCUT2D eigenvalue weighted by Crippen LogP contribution is -2.51. The van der Waals surface area contributed by atoms with Gasteiger partial charge in [0.1, 0.15) is 11.7 Å². The summed E-state index contributed by atoms with van der Waals surface area (Å²) in [6.45, 7) is 0.380. The Kier molecular flexibility index (Phi) is 4.51. The third-order valence-corrected chi connectivity index (χ3v) is 6.27. The fourth-order valence-corrected chi connectivity index (χ4v) is 4.67. The zero-order chi connectivity index (χ0) is 20.7. The number of carbonyl (C=O) groups excluding carboxylic acids is 3. The van der Waals surface area contributed by atoms with E-state index < -0.39 is 18.0 Å². The lowest BCUT2D eigenvalue weighted by Gasteiger charge is -2.24. The second kappa shape index (κ2) is 7.34. The van der Waals surface area contributed by atoms with Crippen molar-refractivity contribution in [2.24, 2.45) is 0 Å². The lowest BCUT2D eigenvalue weighted by atomic mass is 10.1. The Morgan fingerprint density at radius 2 is 2.13 bits per heavy atom. The van der Waals surface area contributed by atoms with Crippen molar-refractivity contribution in [3.63, 3.8) is 0 Å². The number of fused-ring (bicyclic) bond motifs is 2. The van der Waals surface area contributed by atoms with Crippen LogP contribution in [-0.2, 0) is 4.79 Å². The molecule has 2 aromatic heterocycles. The second-order valence-corrected chi connectivity index (χ2v) is 8.08. The van der Waals surface area contributed by atoms with Crippen molar-refractivity contribution in [1.29, 1.82) is 0 Å². The molecule has 2 unspecified atom stereocenters. The van der Waals surface area contributed by atoms with Gasteiger partial charge in [0, 0.05) is 23.8 Å². The zero-order valence-corrected chi connectivity index (χ0v) is 16.6. The van der Waals surface area contributed by atoms with Crippen LogP contribution < -0.4 is 10.6 Å². The minimum absolute atomic E-state index is 0.167. The predicted octanol–water partition coefficient (Wildman–Crippen LogP) is 2.17. The first-order valence-corrected chi connectivity index (χ1v) is 10.4. The molecule has 0 spiro atoms. The van der Waals surface area contributed by atoms with Crippen molar-refractivity contribution >= 4 is 34.7 Å². The van der Waals surface area contributed by atoms with E-state index in [1.807, 2.05) is 29.6 Å². The predicted molar refractivity (Wildman–Crippen MR) is 111 cm³/mol. The topological polar surface area (TPSA) is 104 Å². The highest BCUT2D eigenvalue weighted by Gasteiger charge is 2.45. The van der Waals surface area contributed by atoms with E-state index in [2.05, 4.69) is 20.6 Å². The molecule has 8 nitrogen and oxygen atoms in total. The minimum atomic E-state index is -0.782. The van der Waals surface area contributed by atoms with E-state index >= 15 is 0 Å². The van der Waals surface area contributed by atoms with Crippen molar-refractivity contribution < 1.29 is 14.4 Å². The third kappa shape index (κ3) is 3.13. The van der Waals surface area contributed by atoms with Gasteiger partial charge >= 0.3 is 0 Å². The number of hydrogen-bond donors (Lipinski definition) is 2. The van der Waals surface area contributed by atoms with Crippen LogP contribution in [0.25, 0.3) is 10.4 Å². The number of thiophene rings is 1. The molecule has 9 heteroatoms.